The summed E-state index contributed by atoms with van der Waals surface area (Å²) in [6, 6.07) is 0. The normalized spacial score (nSPS) is 54.1. The summed E-state index contributed by atoms with van der Waals surface area (Å²) in [5.41, 5.74) is -0.791. The van der Waals surface area contributed by atoms with Crippen molar-refractivity contribution >= 4 is 5.97 Å². The lowest BCUT2D eigenvalue weighted by molar-refractivity contribution is -0.381. The molecule has 0 bridgehead atoms. The van der Waals surface area contributed by atoms with E-state index < -0.39 is 129 Å². The molecule has 3 saturated heterocycles. The molecule has 63 heavy (non-hydrogen) atoms. The van der Waals surface area contributed by atoms with Gasteiger partial charge in [0, 0.05) is 0 Å². The molecule has 5 aliphatic carbocycles. The topological polar surface area (TPSA) is 275 Å². The molecule has 0 aromatic carbocycles. The Labute approximate surface area is 369 Å². The van der Waals surface area contributed by atoms with E-state index in [2.05, 4.69) is 54.5 Å². The van der Waals surface area contributed by atoms with Crippen molar-refractivity contribution in [1.29, 1.82) is 0 Å². The van der Waals surface area contributed by atoms with Crippen molar-refractivity contribution in [3.63, 3.8) is 0 Å². The number of hydrogen-bond donors (Lipinski definition) is 10. The van der Waals surface area contributed by atoms with Gasteiger partial charge in [0.25, 0.3) is 0 Å². The van der Waals surface area contributed by atoms with Gasteiger partial charge in [-0.25, -0.2) is 0 Å². The number of fused-ring (bicyclic) bond motifs is 7. The molecular formula is C46H74O17. The maximum absolute atomic E-state index is 13.1. The molecule has 17 nitrogen and oxygen atoms in total. The molecule has 3 heterocycles. The zero-order chi connectivity index (χ0) is 46.0. The minimum Gasteiger partial charge on any atom is -0.481 e. The fraction of sp³-hybridized carbons (Fsp3) is 0.935. The molecule has 3 aliphatic heterocycles. The number of aliphatic hydroxyl groups excluding tert-OH is 9. The Morgan fingerprint density at radius 3 is 1.98 bits per heavy atom. The molecule has 0 radical (unpaired) electrons. The van der Waals surface area contributed by atoms with Crippen molar-refractivity contribution < 1.29 is 84.3 Å². The molecule has 7 fully saturated rings. The summed E-state index contributed by atoms with van der Waals surface area (Å²) in [6.07, 6.45) is -13.4. The van der Waals surface area contributed by atoms with Crippen LogP contribution >= 0.6 is 0 Å². The van der Waals surface area contributed by atoms with Gasteiger partial charge in [-0.3, -0.25) is 4.79 Å². The Kier molecular flexibility index (Phi) is 12.7. The van der Waals surface area contributed by atoms with E-state index in [1.807, 2.05) is 0 Å². The molecule has 10 N–H and O–H groups in total. The van der Waals surface area contributed by atoms with Gasteiger partial charge in [0.2, 0.25) is 0 Å². The van der Waals surface area contributed by atoms with Gasteiger partial charge < -0.3 is 79.5 Å². The highest BCUT2D eigenvalue weighted by Gasteiger charge is 2.70. The summed E-state index contributed by atoms with van der Waals surface area (Å²) >= 11 is 0. The third kappa shape index (κ3) is 7.50. The van der Waals surface area contributed by atoms with Crippen LogP contribution in [0.5, 0.6) is 0 Å². The summed E-state index contributed by atoms with van der Waals surface area (Å²) in [5, 5.41) is 109. The van der Waals surface area contributed by atoms with Crippen molar-refractivity contribution in [2.45, 2.75) is 198 Å². The Hall–Kier alpha value is -1.39. The predicted octanol–water partition coefficient (Wildman–Crippen LogP) is 0.955. The number of ether oxygens (including phenoxy) is 6. The van der Waals surface area contributed by atoms with Crippen molar-refractivity contribution in [2.75, 3.05) is 19.8 Å². The average Bonchev–Trinajstić information content (AvgIpc) is 3.21. The SMILES string of the molecule is CC1(C)CCC2(C(=O)O)CCC3(C)C(=CCC4C5(C)CC(O)C(OC6OC(CO)C(O)C(OC7OCC(O)C(O)C7OC7OCC(O)C(O)C7O)C6O)C(C)(C)C5CCC43C)C2C1. The molecule has 0 aromatic rings. The van der Waals surface area contributed by atoms with E-state index in [9.17, 15) is 55.9 Å². The molecule has 360 valence electrons. The largest absolute Gasteiger partial charge is 0.481 e. The number of carboxylic acid groups (broad SMARTS) is 1. The Morgan fingerprint density at radius 2 is 1.32 bits per heavy atom. The molecule has 22 unspecified atom stereocenters. The molecule has 4 saturated carbocycles. The lowest BCUT2D eigenvalue weighted by Crippen LogP contribution is -2.69. The quantitative estimate of drug-likeness (QED) is 0.120. The van der Waals surface area contributed by atoms with Crippen LogP contribution in [0.25, 0.3) is 0 Å². The minimum atomic E-state index is -1.76. The molecule has 0 aromatic heterocycles. The summed E-state index contributed by atoms with van der Waals surface area (Å²) in [5.74, 6) is -0.464. The van der Waals surface area contributed by atoms with Crippen LogP contribution in [0, 0.1) is 50.2 Å². The van der Waals surface area contributed by atoms with Crippen LogP contribution in [0.4, 0.5) is 0 Å². The number of carbonyl (C=O) groups is 1. The number of rotatable bonds is 8. The Morgan fingerprint density at radius 1 is 0.683 bits per heavy atom. The molecule has 0 spiro atoms. The summed E-state index contributed by atoms with van der Waals surface area (Å²) in [7, 11) is 0. The number of hydrogen-bond acceptors (Lipinski definition) is 16. The first-order chi connectivity index (χ1) is 29.4. The molecular weight excluding hydrogens is 824 g/mol. The standard InChI is InChI=1S/C46H74O17/c1-41(2)12-14-46(40(56)57)15-13-44(6)21(22(46)16-41)8-9-28-43(5)17-23(48)36(42(3,4)27(43)10-11-45(28,44)7)63-38-33(55)34(31(53)26(18-47)60-38)61-39-35(30(52)25(50)20-59-39)62-37-32(54)29(51)24(49)19-58-37/h8,22-39,47-55H,9-20H2,1-7H3,(H,56,57). The summed E-state index contributed by atoms with van der Waals surface area (Å²) in [4.78, 5) is 13.1. The van der Waals surface area contributed by atoms with Crippen LogP contribution in [0.15, 0.2) is 11.6 Å². The number of allylic oxidation sites excluding steroid dienone is 2. The first-order valence-electron chi connectivity index (χ1n) is 23.2. The first kappa shape index (κ1) is 48.1. The Balaban J connectivity index is 1.02. The fourth-order valence-electron chi connectivity index (χ4n) is 14.7. The van der Waals surface area contributed by atoms with Crippen LogP contribution in [0.2, 0.25) is 0 Å². The van der Waals surface area contributed by atoms with E-state index in [0.29, 0.717) is 19.3 Å². The number of carboxylic acids is 1. The average molecular weight is 899 g/mol. The van der Waals surface area contributed by atoms with Crippen molar-refractivity contribution in [3.05, 3.63) is 11.6 Å². The van der Waals surface area contributed by atoms with E-state index in [0.717, 1.165) is 38.5 Å². The number of aliphatic carboxylic acids is 1. The maximum atomic E-state index is 13.1. The highest BCUT2D eigenvalue weighted by Crippen LogP contribution is 2.76. The summed E-state index contributed by atoms with van der Waals surface area (Å²) < 4.78 is 35.5. The van der Waals surface area contributed by atoms with Crippen LogP contribution < -0.4 is 0 Å². The van der Waals surface area contributed by atoms with Gasteiger partial charge >= 0.3 is 5.97 Å². The smallest absolute Gasteiger partial charge is 0.310 e. The van der Waals surface area contributed by atoms with E-state index >= 15 is 0 Å². The van der Waals surface area contributed by atoms with Crippen LogP contribution in [-0.4, -0.2) is 169 Å². The maximum Gasteiger partial charge on any atom is 0.310 e. The van der Waals surface area contributed by atoms with E-state index in [1.165, 1.54) is 5.57 Å². The molecule has 8 rings (SSSR count). The third-order valence-corrected chi connectivity index (χ3v) is 18.5. The number of aliphatic hydroxyl groups is 9. The molecule has 8 aliphatic rings. The monoisotopic (exact) mass is 898 g/mol. The second-order valence-corrected chi connectivity index (χ2v) is 22.7. The Bertz CT molecular complexity index is 1730. The van der Waals surface area contributed by atoms with Crippen molar-refractivity contribution in [1.82, 2.24) is 0 Å². The minimum absolute atomic E-state index is 0.0227. The first-order valence-corrected chi connectivity index (χ1v) is 23.2. The van der Waals surface area contributed by atoms with Gasteiger partial charge in [0.1, 0.15) is 61.0 Å². The second-order valence-electron chi connectivity index (χ2n) is 22.7. The van der Waals surface area contributed by atoms with Gasteiger partial charge in [-0.2, -0.15) is 0 Å². The zero-order valence-corrected chi connectivity index (χ0v) is 37.8. The predicted molar refractivity (Wildman–Crippen MR) is 220 cm³/mol. The molecule has 22 atom stereocenters. The van der Waals surface area contributed by atoms with Crippen LogP contribution in [-0.2, 0) is 33.2 Å². The van der Waals surface area contributed by atoms with Gasteiger partial charge in [-0.1, -0.05) is 60.1 Å². The van der Waals surface area contributed by atoms with E-state index in [4.69, 9.17) is 28.4 Å². The highest BCUT2D eigenvalue weighted by atomic mass is 16.8. The highest BCUT2D eigenvalue weighted by molar-refractivity contribution is 5.76. The van der Waals surface area contributed by atoms with Crippen molar-refractivity contribution in [2.24, 2.45) is 50.2 Å². The van der Waals surface area contributed by atoms with Gasteiger partial charge in [0.05, 0.1) is 37.4 Å². The lowest BCUT2D eigenvalue weighted by Gasteiger charge is -2.71. The lowest BCUT2D eigenvalue weighted by atomic mass is 9.33. The summed E-state index contributed by atoms with van der Waals surface area (Å²) in [6.45, 7) is 14.2. The second kappa shape index (κ2) is 16.7. The molecule has 17 heteroatoms. The van der Waals surface area contributed by atoms with E-state index in [1.54, 1.807) is 0 Å². The zero-order valence-electron chi connectivity index (χ0n) is 37.8. The van der Waals surface area contributed by atoms with Gasteiger partial charge in [-0.05, 0) is 103 Å². The fourth-order valence-corrected chi connectivity index (χ4v) is 14.7. The third-order valence-electron chi connectivity index (χ3n) is 18.5. The van der Waals surface area contributed by atoms with Gasteiger partial charge in [0.15, 0.2) is 18.9 Å². The van der Waals surface area contributed by atoms with E-state index in [-0.39, 0.29) is 39.4 Å². The van der Waals surface area contributed by atoms with Crippen LogP contribution in [0.1, 0.15) is 106 Å². The van der Waals surface area contributed by atoms with Crippen LogP contribution in [0.3, 0.4) is 0 Å². The van der Waals surface area contributed by atoms with Crippen molar-refractivity contribution in [3.8, 4) is 0 Å². The molecule has 0 amide bonds. The van der Waals surface area contributed by atoms with Gasteiger partial charge in [-0.15, -0.1) is 0 Å².